The zero-order valence-electron chi connectivity index (χ0n) is 29.8. The molecule has 0 spiro atoms. The number of hydrogen-bond acceptors (Lipinski definition) is 12. The average Bonchev–Trinajstić information content (AvgIpc) is 3.80. The maximum Gasteiger partial charge on any atom is 0.317 e. The van der Waals surface area contributed by atoms with Crippen LogP contribution in [0.15, 0.2) is 102 Å². The van der Waals surface area contributed by atoms with Crippen LogP contribution in [0.1, 0.15) is 29.8 Å². The highest BCUT2D eigenvalue weighted by atomic mass is 35.5. The third kappa shape index (κ3) is 7.88. The normalized spacial score (nSPS) is 23.7. The van der Waals surface area contributed by atoms with E-state index in [1.165, 1.54) is 20.4 Å². The van der Waals surface area contributed by atoms with Crippen LogP contribution in [0, 0.1) is 0 Å². The Morgan fingerprint density at radius 1 is 0.982 bits per heavy atom. The van der Waals surface area contributed by atoms with Crippen molar-refractivity contribution in [2.45, 2.75) is 69.0 Å². The minimum absolute atomic E-state index is 0.0119. The summed E-state index contributed by atoms with van der Waals surface area (Å²) in [4.78, 5) is 41.5. The Hall–Kier alpha value is -5.45. The smallest absolute Gasteiger partial charge is 0.317 e. The number of amides is 1. The van der Waals surface area contributed by atoms with Gasteiger partial charge < -0.3 is 28.4 Å². The molecule has 7 atom stereocenters. The molecular weight excluding hydrogens is 732 g/mol. The number of imidazole rings is 1. The van der Waals surface area contributed by atoms with Crippen molar-refractivity contribution in [3.8, 4) is 0 Å². The van der Waals surface area contributed by atoms with Gasteiger partial charge in [-0.25, -0.2) is 4.98 Å². The molecule has 0 aliphatic carbocycles. The minimum Gasteiger partial charge on any atom is -0.469 e. The number of nitrogens with zero attached hydrogens (tertiary/aromatic N) is 7. The van der Waals surface area contributed by atoms with Crippen LogP contribution in [-0.2, 0) is 57.8 Å². The van der Waals surface area contributed by atoms with E-state index >= 15 is 0 Å². The standard InChI is InChI=1S/C38H37ClN8O8/c1-23(48)42-37-43-33(39)29-34(44-37)41-22-47(29)35-32-38(54-20-26-16-10-5-11-17-26,27(21-53-32)51-18-24-12-6-3-7-13-24)31(52-19-25-14-8-4-9-15-25)30(55-35)28(45-46-40)36(49)50-2/h3-17,22,27-28,30-32,35H,18-21H2,1-2H3,(H,42,43,44,48)/t27-,28+,30-,31+,32-,35+,38-/m0/s1. The van der Waals surface area contributed by atoms with Crippen LogP contribution in [0.25, 0.3) is 21.6 Å². The van der Waals surface area contributed by atoms with Gasteiger partial charge in [-0.05, 0) is 22.2 Å². The third-order valence-electron chi connectivity index (χ3n) is 9.45. The van der Waals surface area contributed by atoms with E-state index < -0.39 is 54.2 Å². The van der Waals surface area contributed by atoms with E-state index in [1.807, 2.05) is 91.0 Å². The van der Waals surface area contributed by atoms with Crippen LogP contribution in [-0.4, -0.2) is 81.2 Å². The summed E-state index contributed by atoms with van der Waals surface area (Å²) >= 11 is 6.76. The fourth-order valence-electron chi connectivity index (χ4n) is 7.00. The number of anilines is 1. The van der Waals surface area contributed by atoms with Gasteiger partial charge in [0.1, 0.15) is 29.9 Å². The van der Waals surface area contributed by atoms with Gasteiger partial charge in [0.05, 0.1) is 39.9 Å². The Balaban J connectivity index is 1.42. The van der Waals surface area contributed by atoms with Crippen molar-refractivity contribution in [1.82, 2.24) is 19.5 Å². The number of azide groups is 1. The first-order valence-electron chi connectivity index (χ1n) is 17.4. The Morgan fingerprint density at radius 3 is 2.20 bits per heavy atom. The number of aromatic nitrogens is 4. The first-order valence-corrected chi connectivity index (χ1v) is 17.8. The molecule has 16 nitrogen and oxygen atoms in total. The van der Waals surface area contributed by atoms with Gasteiger partial charge in [-0.2, -0.15) is 9.97 Å². The highest BCUT2D eigenvalue weighted by molar-refractivity contribution is 6.33. The first kappa shape index (κ1) is 37.8. The molecule has 2 aliphatic rings. The fourth-order valence-corrected chi connectivity index (χ4v) is 7.27. The first-order chi connectivity index (χ1) is 26.8. The summed E-state index contributed by atoms with van der Waals surface area (Å²) in [6.45, 7) is 1.62. The summed E-state index contributed by atoms with van der Waals surface area (Å²) < 4.78 is 40.8. The van der Waals surface area contributed by atoms with E-state index in [0.717, 1.165) is 16.7 Å². The van der Waals surface area contributed by atoms with Crippen molar-refractivity contribution in [2.24, 2.45) is 5.11 Å². The fraction of sp³-hybridized carbons (Fsp3) is 0.342. The number of rotatable bonds is 14. The van der Waals surface area contributed by atoms with Gasteiger partial charge in [-0.1, -0.05) is 108 Å². The zero-order chi connectivity index (χ0) is 38.4. The van der Waals surface area contributed by atoms with E-state index in [0.29, 0.717) is 0 Å². The van der Waals surface area contributed by atoms with Gasteiger partial charge in [0.25, 0.3) is 0 Å². The molecular formula is C38H37ClN8O8. The van der Waals surface area contributed by atoms with E-state index in [1.54, 1.807) is 4.57 Å². The summed E-state index contributed by atoms with van der Waals surface area (Å²) in [6, 6.07) is 27.0. The molecule has 1 N–H and O–H groups in total. The van der Waals surface area contributed by atoms with Crippen LogP contribution in [0.2, 0.25) is 5.15 Å². The van der Waals surface area contributed by atoms with Crippen LogP contribution in [0.4, 0.5) is 5.95 Å². The summed E-state index contributed by atoms with van der Waals surface area (Å²) in [7, 11) is 1.18. The molecule has 0 unspecified atom stereocenters. The molecule has 7 rings (SSSR count). The van der Waals surface area contributed by atoms with Crippen molar-refractivity contribution in [3.05, 3.63) is 130 Å². The number of fused-ring (bicyclic) bond motifs is 2. The van der Waals surface area contributed by atoms with Gasteiger partial charge in [-0.3, -0.25) is 19.5 Å². The molecule has 2 saturated heterocycles. The van der Waals surface area contributed by atoms with E-state index in [2.05, 4.69) is 30.3 Å². The number of ether oxygens (including phenoxy) is 6. The third-order valence-corrected chi connectivity index (χ3v) is 9.71. The second kappa shape index (κ2) is 16.9. The molecule has 0 radical (unpaired) electrons. The molecule has 0 bridgehead atoms. The molecule has 284 valence electrons. The molecule has 0 saturated carbocycles. The second-order valence-electron chi connectivity index (χ2n) is 12.9. The number of hydrogen-bond donors (Lipinski definition) is 1. The topological polar surface area (TPSA) is 194 Å². The van der Waals surface area contributed by atoms with Crippen molar-refractivity contribution >= 4 is 40.6 Å². The lowest BCUT2D eigenvalue weighted by atomic mass is 9.78. The van der Waals surface area contributed by atoms with Gasteiger partial charge in [0.15, 0.2) is 28.7 Å². The number of nitrogens with one attached hydrogen (secondary N) is 1. The molecule has 2 fully saturated rings. The molecule has 17 heteroatoms. The van der Waals surface area contributed by atoms with Crippen molar-refractivity contribution in [1.29, 1.82) is 0 Å². The zero-order valence-corrected chi connectivity index (χ0v) is 30.6. The molecule has 2 aliphatic heterocycles. The number of halogens is 1. The molecule has 5 aromatic rings. The molecule has 55 heavy (non-hydrogen) atoms. The van der Waals surface area contributed by atoms with Gasteiger partial charge >= 0.3 is 5.97 Å². The predicted molar refractivity (Wildman–Crippen MR) is 197 cm³/mol. The van der Waals surface area contributed by atoms with Crippen LogP contribution >= 0.6 is 11.6 Å². The summed E-state index contributed by atoms with van der Waals surface area (Å²) in [5.41, 5.74) is 11.1. The lowest BCUT2D eigenvalue weighted by Gasteiger charge is -2.53. The lowest BCUT2D eigenvalue weighted by molar-refractivity contribution is -0.316. The maximum absolute atomic E-state index is 13.6. The van der Waals surface area contributed by atoms with Crippen molar-refractivity contribution < 1.29 is 38.0 Å². The van der Waals surface area contributed by atoms with E-state index in [-0.39, 0.29) is 48.7 Å². The van der Waals surface area contributed by atoms with Crippen molar-refractivity contribution in [3.63, 3.8) is 0 Å². The minimum atomic E-state index is -1.57. The van der Waals surface area contributed by atoms with Crippen molar-refractivity contribution in [2.75, 3.05) is 19.0 Å². The van der Waals surface area contributed by atoms with Crippen LogP contribution in [0.3, 0.4) is 0 Å². The van der Waals surface area contributed by atoms with E-state index in [4.69, 9.17) is 40.0 Å². The monoisotopic (exact) mass is 768 g/mol. The van der Waals surface area contributed by atoms with Gasteiger partial charge in [-0.15, -0.1) is 0 Å². The second-order valence-corrected chi connectivity index (χ2v) is 13.2. The van der Waals surface area contributed by atoms with Gasteiger partial charge in [0.2, 0.25) is 11.9 Å². The largest absolute Gasteiger partial charge is 0.469 e. The Kier molecular flexibility index (Phi) is 11.6. The molecule has 2 aromatic heterocycles. The molecule has 4 heterocycles. The summed E-state index contributed by atoms with van der Waals surface area (Å²) in [5.74, 6) is -1.32. The molecule has 3 aromatic carbocycles. The quantitative estimate of drug-likeness (QED) is 0.0478. The number of carbonyl (C=O) groups excluding carboxylic acids is 2. The van der Waals surface area contributed by atoms with E-state index in [9.17, 15) is 15.1 Å². The summed E-state index contributed by atoms with van der Waals surface area (Å²) in [5, 5.41) is 6.35. The predicted octanol–water partition coefficient (Wildman–Crippen LogP) is 5.71. The van der Waals surface area contributed by atoms with Gasteiger partial charge in [0, 0.05) is 11.8 Å². The Morgan fingerprint density at radius 2 is 1.60 bits per heavy atom. The Labute approximate surface area is 320 Å². The van der Waals surface area contributed by atoms with Crippen LogP contribution < -0.4 is 5.32 Å². The van der Waals surface area contributed by atoms with Crippen LogP contribution in [0.5, 0.6) is 0 Å². The SMILES string of the molecule is COC(=O)[C@H](N=[N+]=[N-])[C@@H]1O[C@@H](n2cnc3nc(NC(C)=O)nc(Cl)c32)[C@@H]2OC[C@H](OCc3ccccc3)[C@]2(OCc2ccccc2)[C@@H]1OCc1ccccc1. The summed E-state index contributed by atoms with van der Waals surface area (Å²) in [6.07, 6.45) is -4.15. The average molecular weight is 769 g/mol. The highest BCUT2D eigenvalue weighted by Crippen LogP contribution is 2.50. The number of carbonyl (C=O) groups is 2. The highest BCUT2D eigenvalue weighted by Gasteiger charge is 2.69. The Bertz CT molecular complexity index is 2160. The maximum atomic E-state index is 13.6. The number of methoxy groups -OCH3 is 1. The molecule has 1 amide bonds. The lowest BCUT2D eigenvalue weighted by Crippen LogP contribution is -2.71. The number of benzene rings is 3. The number of esters is 1.